The molecule has 0 aromatic carbocycles. The smallest absolute Gasteiger partial charge is 1.00 e. The molecule has 0 N–H and O–H groups in total. The number of hydrogen-bond acceptors (Lipinski definition) is 0. The van der Waals surface area contributed by atoms with Crippen molar-refractivity contribution in [2.75, 3.05) is 0 Å². The van der Waals surface area contributed by atoms with E-state index in [4.69, 9.17) is 7.62 Å². The molecule has 0 aromatic rings. The van der Waals surface area contributed by atoms with Crippen molar-refractivity contribution in [2.45, 2.75) is 0 Å². The molecule has 0 saturated carbocycles. The zero-order chi connectivity index (χ0) is 2.00. The maximum Gasteiger partial charge on any atom is 1.00 e. The predicted molar refractivity (Wildman–Crippen MR) is 5.85 cm³/mol. The molecule has 0 amide bonds. The largest absolute Gasteiger partial charge is 1.00 e. The molecule has 0 aliphatic rings. The topological polar surface area (TPSA) is 0 Å². The van der Waals surface area contributed by atoms with Crippen molar-refractivity contribution in [1.29, 1.82) is 0 Å². The first-order valence-electron chi connectivity index (χ1n) is 0.189. The summed E-state index contributed by atoms with van der Waals surface area (Å²) >= 11 is 0.630. The maximum absolute atomic E-state index is 4.81. The monoisotopic (exact) mass is 331 g/mol. The van der Waals surface area contributed by atoms with E-state index in [0.29, 0.717) is 28.1 Å². The van der Waals surface area contributed by atoms with Gasteiger partial charge in [-0.2, -0.15) is 0 Å². The van der Waals surface area contributed by atoms with Crippen LogP contribution >= 0.6 is 7.62 Å². The Kier molecular flexibility index (Phi) is 69.5. The third-order valence-electron chi connectivity index (χ3n) is 0. The van der Waals surface area contributed by atoms with Crippen molar-refractivity contribution in [3.63, 3.8) is 0 Å². The van der Waals surface area contributed by atoms with Gasteiger partial charge >= 0.3 is 65.3 Å². The summed E-state index contributed by atoms with van der Waals surface area (Å²) in [6.45, 7) is 0. The summed E-state index contributed by atoms with van der Waals surface area (Å²) in [5, 5.41) is 0. The van der Waals surface area contributed by atoms with Crippen LogP contribution in [0.5, 0.6) is 0 Å². The van der Waals surface area contributed by atoms with Crippen LogP contribution in [0.25, 0.3) is 0 Å². The molecule has 0 fully saturated rings. The molecular weight excluding hydrogens is 332 g/mol. The van der Waals surface area contributed by atoms with E-state index in [1.165, 1.54) is 0 Å². The minimum Gasteiger partial charge on any atom is 1.00 e. The number of rotatable bonds is 0. The molecule has 4 heavy (non-hydrogen) atoms. The molecule has 0 aliphatic heterocycles. The van der Waals surface area contributed by atoms with Gasteiger partial charge in [0, 0.05) is 0 Å². The molecular formula is Cl2NaU. The number of hydrogen-bond donors (Lipinski definition) is 0. The van der Waals surface area contributed by atoms with E-state index in [1.807, 2.05) is 0 Å². The van der Waals surface area contributed by atoms with Gasteiger partial charge in [-0.1, -0.05) is 0 Å². The summed E-state index contributed by atoms with van der Waals surface area (Å²) in [6, 6.07) is 0. The molecule has 0 saturated heterocycles. The van der Waals surface area contributed by atoms with Gasteiger partial charge < -0.3 is 12.4 Å². The Morgan fingerprint density at radius 2 is 1.25 bits per heavy atom. The van der Waals surface area contributed by atoms with Gasteiger partial charge in [0.1, 0.15) is 0 Å². The molecule has 0 atom stereocenters. The van der Waals surface area contributed by atoms with Gasteiger partial charge in [-0.05, 0) is 0 Å². The van der Waals surface area contributed by atoms with E-state index in [2.05, 4.69) is 0 Å². The minimum absolute atomic E-state index is 0. The Balaban J connectivity index is -0.00000000500. The Morgan fingerprint density at radius 3 is 1.25 bits per heavy atom. The molecule has 0 aliphatic carbocycles. The second-order valence-electron chi connectivity index (χ2n) is 0. The van der Waals surface area contributed by atoms with Crippen molar-refractivity contribution < 1.29 is 70.1 Å². The standard InChI is InChI=1S/2ClH.Na.U/h2*1H;;/q;;2*+1/p-2. The quantitative estimate of drug-likeness (QED) is 0.389. The van der Waals surface area contributed by atoms with E-state index in [9.17, 15) is 0 Å². The van der Waals surface area contributed by atoms with E-state index >= 15 is 0 Å². The van der Waals surface area contributed by atoms with Crippen molar-refractivity contribution in [1.82, 2.24) is 0 Å². The van der Waals surface area contributed by atoms with Gasteiger partial charge in [0.25, 0.3) is 0 Å². The molecule has 0 spiro atoms. The first kappa shape index (κ1) is 15.9. The van der Waals surface area contributed by atoms with E-state index in [1.54, 1.807) is 0 Å². The molecule has 0 aromatic heterocycles. The van der Waals surface area contributed by atoms with Crippen molar-refractivity contribution >= 4 is 7.62 Å². The predicted octanol–water partition coefficient (Wildman–Crippen LogP) is -5.30. The van der Waals surface area contributed by atoms with Gasteiger partial charge in [-0.3, -0.25) is 0 Å². The van der Waals surface area contributed by atoms with Gasteiger partial charge in [0.05, 0.1) is 0 Å². The van der Waals surface area contributed by atoms with Gasteiger partial charge in [-0.25, -0.2) is 0 Å². The molecule has 0 unspecified atom stereocenters. The Hall–Kier alpha value is 2.63. The summed E-state index contributed by atoms with van der Waals surface area (Å²) < 4.78 is 0. The van der Waals surface area contributed by atoms with Crippen LogP contribution in [0.1, 0.15) is 0 Å². The van der Waals surface area contributed by atoms with Gasteiger partial charge in [-0.15, -0.1) is 0 Å². The summed E-state index contributed by atoms with van der Waals surface area (Å²) in [5.74, 6) is 0. The summed E-state index contributed by atoms with van der Waals surface area (Å²) in [7, 11) is 4.81. The second-order valence-corrected chi connectivity index (χ2v) is 0. The minimum atomic E-state index is 0. The third kappa shape index (κ3) is 8.82. The van der Waals surface area contributed by atoms with Crippen molar-refractivity contribution in [3.8, 4) is 0 Å². The maximum atomic E-state index is 4.81. The zero-order valence-electron chi connectivity index (χ0n) is 2.26. The summed E-state index contributed by atoms with van der Waals surface area (Å²) in [6.07, 6.45) is 0. The summed E-state index contributed by atoms with van der Waals surface area (Å²) in [4.78, 5) is 0. The SMILES string of the molecule is [Cl-].[Cl][U].[Na+]. The molecule has 4 heteroatoms. The van der Waals surface area contributed by atoms with Crippen LogP contribution in [-0.2, 0) is 0 Å². The average molecular weight is 332 g/mol. The Morgan fingerprint density at radius 1 is 1.25 bits per heavy atom. The molecule has 0 heterocycles. The Labute approximate surface area is 76.2 Å². The van der Waals surface area contributed by atoms with Crippen LogP contribution in [0.3, 0.4) is 0 Å². The van der Waals surface area contributed by atoms with Crippen LogP contribution in [0.2, 0.25) is 0 Å². The normalized spacial score (nSPS) is 1.75. The van der Waals surface area contributed by atoms with Crippen LogP contribution in [0.4, 0.5) is 0 Å². The molecule has 0 radical (unpaired) electrons. The molecule has 0 bridgehead atoms. The third-order valence-corrected chi connectivity index (χ3v) is 0. The zero-order valence-corrected chi connectivity index (χ0v) is 9.93. The second kappa shape index (κ2) is 17.4. The average Bonchev–Trinajstić information content (AvgIpc) is 1.00. The van der Waals surface area contributed by atoms with Crippen LogP contribution in [0, 0.1) is 28.1 Å². The molecule has 0 rings (SSSR count). The van der Waals surface area contributed by atoms with E-state index < -0.39 is 0 Å². The van der Waals surface area contributed by atoms with Crippen molar-refractivity contribution in [3.05, 3.63) is 0 Å². The molecule has 19 valence electrons. The summed E-state index contributed by atoms with van der Waals surface area (Å²) in [5.41, 5.74) is 0. The Bertz CT molecular complexity index is 6.00. The van der Waals surface area contributed by atoms with Crippen molar-refractivity contribution in [2.24, 2.45) is 0 Å². The van der Waals surface area contributed by atoms with E-state index in [-0.39, 0.29) is 42.0 Å². The number of halogens is 2. The fourth-order valence-corrected chi connectivity index (χ4v) is 0. The van der Waals surface area contributed by atoms with Crippen LogP contribution in [0.15, 0.2) is 0 Å². The van der Waals surface area contributed by atoms with Gasteiger partial charge in [0.2, 0.25) is 0 Å². The van der Waals surface area contributed by atoms with E-state index in [0.717, 1.165) is 0 Å². The fourth-order valence-electron chi connectivity index (χ4n) is 0. The van der Waals surface area contributed by atoms with Gasteiger partial charge in [0.15, 0.2) is 0 Å². The first-order valence-corrected chi connectivity index (χ1v) is 5.29. The van der Waals surface area contributed by atoms with Crippen LogP contribution in [-0.4, -0.2) is 0 Å². The molecule has 0 nitrogen and oxygen atoms in total. The fraction of sp³-hybridized carbons (Fsp3) is 0. The first-order chi connectivity index (χ1) is 1.00. The van der Waals surface area contributed by atoms with Crippen LogP contribution < -0.4 is 42.0 Å².